The summed E-state index contributed by atoms with van der Waals surface area (Å²) < 4.78 is 11.2. The lowest BCUT2D eigenvalue weighted by Gasteiger charge is -2.15. The first-order valence-electron chi connectivity index (χ1n) is 9.79. The number of rotatable bonds is 6. The predicted molar refractivity (Wildman–Crippen MR) is 123 cm³/mol. The number of carbonyl (C=O) groups excluding carboxylic acids is 2. The monoisotopic (exact) mass is 474 g/mol. The molecule has 4 N–H and O–H groups in total. The number of hydrogen-bond donors (Lipinski definition) is 3. The molecule has 0 aliphatic heterocycles. The van der Waals surface area contributed by atoms with E-state index in [1.807, 2.05) is 0 Å². The quantitative estimate of drug-likeness (QED) is 0.462. The minimum atomic E-state index is -0.650. The molecule has 1 aliphatic rings. The molecule has 2 aromatic carbocycles. The van der Waals surface area contributed by atoms with Gasteiger partial charge in [-0.25, -0.2) is 9.78 Å². The highest BCUT2D eigenvalue weighted by atomic mass is 35.5. The number of ether oxygens (including phenoxy) is 2. The second-order valence-electron chi connectivity index (χ2n) is 7.39. The van der Waals surface area contributed by atoms with E-state index in [2.05, 4.69) is 15.6 Å². The second kappa shape index (κ2) is 8.72. The molecule has 0 unspecified atom stereocenters. The van der Waals surface area contributed by atoms with Gasteiger partial charge in [-0.3, -0.25) is 4.79 Å². The van der Waals surface area contributed by atoms with Gasteiger partial charge in [0.2, 0.25) is 0 Å². The van der Waals surface area contributed by atoms with E-state index >= 15 is 0 Å². The number of nitrogens with zero attached hydrogens (tertiary/aromatic N) is 1. The molecule has 3 aromatic rings. The zero-order valence-corrected chi connectivity index (χ0v) is 18.8. The van der Waals surface area contributed by atoms with E-state index in [-0.39, 0.29) is 22.7 Å². The number of benzene rings is 2. The lowest BCUT2D eigenvalue weighted by atomic mass is 10.1. The number of urea groups is 1. The average Bonchev–Trinajstić information content (AvgIpc) is 3.55. The summed E-state index contributed by atoms with van der Waals surface area (Å²) in [5.74, 6) is 0.367. The third-order valence-corrected chi connectivity index (χ3v) is 5.65. The zero-order valence-electron chi connectivity index (χ0n) is 17.3. The van der Waals surface area contributed by atoms with Gasteiger partial charge in [-0.1, -0.05) is 23.2 Å². The van der Waals surface area contributed by atoms with Crippen LogP contribution in [0.1, 0.15) is 28.9 Å². The van der Waals surface area contributed by atoms with Gasteiger partial charge in [-0.05, 0) is 38.0 Å². The number of amides is 3. The van der Waals surface area contributed by atoms with Crippen LogP contribution in [0.2, 0.25) is 10.0 Å². The van der Waals surface area contributed by atoms with E-state index < -0.39 is 5.91 Å². The molecule has 0 bridgehead atoms. The molecule has 1 aromatic heterocycles. The summed E-state index contributed by atoms with van der Waals surface area (Å²) in [5.41, 5.74) is 7.15. The van der Waals surface area contributed by atoms with Crippen molar-refractivity contribution in [3.05, 3.63) is 51.6 Å². The van der Waals surface area contributed by atoms with Gasteiger partial charge in [0.05, 0.1) is 39.6 Å². The number of carbonyl (C=O) groups is 2. The number of aryl methyl sites for hydroxylation is 1. The molecule has 0 spiro atoms. The second-order valence-corrected chi connectivity index (χ2v) is 8.18. The summed E-state index contributed by atoms with van der Waals surface area (Å²) in [5, 5.41) is 6.60. The Morgan fingerprint density at radius 1 is 1.19 bits per heavy atom. The first kappa shape index (κ1) is 22.0. The number of methoxy groups -OCH3 is 1. The first-order valence-corrected chi connectivity index (χ1v) is 10.5. The molecule has 1 saturated carbocycles. The van der Waals surface area contributed by atoms with Gasteiger partial charge < -0.3 is 25.8 Å². The highest BCUT2D eigenvalue weighted by Crippen LogP contribution is 2.40. The molecule has 4 rings (SSSR count). The van der Waals surface area contributed by atoms with Gasteiger partial charge in [0.25, 0.3) is 5.91 Å². The molecule has 166 valence electrons. The Balaban J connectivity index is 1.64. The van der Waals surface area contributed by atoms with E-state index in [0.29, 0.717) is 44.6 Å². The van der Waals surface area contributed by atoms with Crippen LogP contribution < -0.4 is 25.8 Å². The van der Waals surface area contributed by atoms with Gasteiger partial charge in [0, 0.05) is 23.6 Å². The fraction of sp³-hybridized carbons (Fsp3) is 0.227. The smallest absolute Gasteiger partial charge is 0.319 e. The van der Waals surface area contributed by atoms with Crippen molar-refractivity contribution < 1.29 is 19.1 Å². The van der Waals surface area contributed by atoms with Crippen molar-refractivity contribution in [1.82, 2.24) is 10.3 Å². The molecule has 0 saturated heterocycles. The minimum absolute atomic E-state index is 0.182. The lowest BCUT2D eigenvalue weighted by molar-refractivity contribution is 0.0997. The van der Waals surface area contributed by atoms with Crippen LogP contribution in [0, 0.1) is 6.92 Å². The SMILES string of the molecule is COc1cc2nc(C)c(Oc3ccc(NC(=O)NC4CC4)c(Cl)c3)c(Cl)c2cc1C(N)=O. The summed E-state index contributed by atoms with van der Waals surface area (Å²) in [7, 11) is 1.44. The standard InChI is InChI=1S/C22H20Cl2N4O4/c1-10-20(19(24)13-8-14(21(25)29)18(31-2)9-17(13)26-10)32-12-5-6-16(15(23)7-12)28-22(30)27-11-3-4-11/h5-9,11H,3-4H2,1-2H3,(H2,25,29)(H2,27,28,30). The molecular weight excluding hydrogens is 455 g/mol. The van der Waals surface area contributed by atoms with E-state index in [1.165, 1.54) is 13.2 Å². The minimum Gasteiger partial charge on any atom is -0.496 e. The first-order chi connectivity index (χ1) is 15.3. The highest BCUT2D eigenvalue weighted by molar-refractivity contribution is 6.37. The number of pyridine rings is 1. The molecule has 1 heterocycles. The molecule has 10 heteroatoms. The van der Waals surface area contributed by atoms with E-state index in [1.54, 1.807) is 31.2 Å². The van der Waals surface area contributed by atoms with E-state index in [4.69, 9.17) is 38.4 Å². The molecule has 1 aliphatic carbocycles. The molecule has 3 amide bonds. The summed E-state index contributed by atoms with van der Waals surface area (Å²) in [6.45, 7) is 1.74. The molecule has 8 nitrogen and oxygen atoms in total. The van der Waals surface area contributed by atoms with Crippen molar-refractivity contribution in [3.63, 3.8) is 0 Å². The third kappa shape index (κ3) is 4.51. The number of aromatic nitrogens is 1. The van der Waals surface area contributed by atoms with Gasteiger partial charge in [-0.2, -0.15) is 0 Å². The average molecular weight is 475 g/mol. The van der Waals surface area contributed by atoms with Crippen LogP contribution in [0.5, 0.6) is 17.2 Å². The molecule has 0 atom stereocenters. The van der Waals surface area contributed by atoms with Gasteiger partial charge in [0.1, 0.15) is 11.5 Å². The van der Waals surface area contributed by atoms with Crippen molar-refractivity contribution in [2.75, 3.05) is 12.4 Å². The third-order valence-electron chi connectivity index (χ3n) is 4.96. The Kier molecular flexibility index (Phi) is 5.99. The van der Waals surface area contributed by atoms with E-state index in [0.717, 1.165) is 12.8 Å². The summed E-state index contributed by atoms with van der Waals surface area (Å²) in [6.07, 6.45) is 1.98. The van der Waals surface area contributed by atoms with Crippen molar-refractivity contribution in [2.45, 2.75) is 25.8 Å². The zero-order chi connectivity index (χ0) is 23.0. The molecule has 0 radical (unpaired) electrons. The van der Waals surface area contributed by atoms with Crippen LogP contribution in [0.25, 0.3) is 10.9 Å². The molecule has 1 fully saturated rings. The fourth-order valence-electron chi connectivity index (χ4n) is 3.18. The van der Waals surface area contributed by atoms with Crippen LogP contribution in [0.15, 0.2) is 30.3 Å². The van der Waals surface area contributed by atoms with Crippen LogP contribution >= 0.6 is 23.2 Å². The van der Waals surface area contributed by atoms with Crippen molar-refractivity contribution in [1.29, 1.82) is 0 Å². The maximum Gasteiger partial charge on any atom is 0.319 e. The Hall–Kier alpha value is -3.23. The van der Waals surface area contributed by atoms with Crippen molar-refractivity contribution >= 4 is 51.7 Å². The fourth-order valence-corrected chi connectivity index (χ4v) is 3.72. The number of fused-ring (bicyclic) bond motifs is 1. The lowest BCUT2D eigenvalue weighted by Crippen LogP contribution is -2.30. The number of nitrogens with two attached hydrogens (primary N) is 1. The number of primary amides is 1. The summed E-state index contributed by atoms with van der Waals surface area (Å²) in [4.78, 5) is 28.2. The van der Waals surface area contributed by atoms with Crippen LogP contribution in [-0.4, -0.2) is 30.1 Å². The maximum atomic E-state index is 11.9. The molecule has 32 heavy (non-hydrogen) atoms. The van der Waals surface area contributed by atoms with Crippen molar-refractivity contribution in [2.24, 2.45) is 5.73 Å². The van der Waals surface area contributed by atoms with E-state index in [9.17, 15) is 9.59 Å². The number of hydrogen-bond acceptors (Lipinski definition) is 5. The molecular formula is C22H20Cl2N4O4. The van der Waals surface area contributed by atoms with Gasteiger partial charge in [0.15, 0.2) is 5.75 Å². The number of nitrogens with one attached hydrogen (secondary N) is 2. The highest BCUT2D eigenvalue weighted by Gasteiger charge is 2.23. The Labute approximate surface area is 194 Å². The van der Waals surface area contributed by atoms with Crippen LogP contribution in [0.4, 0.5) is 10.5 Å². The Morgan fingerprint density at radius 3 is 2.56 bits per heavy atom. The van der Waals surface area contributed by atoms with Crippen LogP contribution in [0.3, 0.4) is 0 Å². The summed E-state index contributed by atoms with van der Waals surface area (Å²) in [6, 6.07) is 7.91. The topological polar surface area (TPSA) is 116 Å². The van der Waals surface area contributed by atoms with Gasteiger partial charge >= 0.3 is 6.03 Å². The number of halogens is 2. The maximum absolute atomic E-state index is 11.9. The normalized spacial score (nSPS) is 13.0. The summed E-state index contributed by atoms with van der Waals surface area (Å²) >= 11 is 12.9. The number of anilines is 1. The largest absolute Gasteiger partial charge is 0.496 e. The van der Waals surface area contributed by atoms with Crippen LogP contribution in [-0.2, 0) is 0 Å². The Bertz CT molecular complexity index is 1240. The Morgan fingerprint density at radius 2 is 1.94 bits per heavy atom. The van der Waals surface area contributed by atoms with Gasteiger partial charge in [-0.15, -0.1) is 0 Å². The predicted octanol–water partition coefficient (Wildman–Crippen LogP) is 5.03. The van der Waals surface area contributed by atoms with Crippen molar-refractivity contribution in [3.8, 4) is 17.2 Å².